The fourth-order valence-electron chi connectivity index (χ4n) is 4.55. The van der Waals surface area contributed by atoms with Crippen molar-refractivity contribution in [3.63, 3.8) is 0 Å². The Morgan fingerprint density at radius 2 is 1.70 bits per heavy atom. The summed E-state index contributed by atoms with van der Waals surface area (Å²) >= 11 is 0. The molecule has 0 aromatic heterocycles. The van der Waals surface area contributed by atoms with Gasteiger partial charge in [-0.25, -0.2) is 0 Å². The fraction of sp³-hybridized carbons (Fsp3) is 0.500. The number of nitrogens with zero attached hydrogens (tertiary/aromatic N) is 1. The van der Waals surface area contributed by atoms with Crippen LogP contribution in [0.5, 0.6) is 5.75 Å². The lowest BCUT2D eigenvalue weighted by molar-refractivity contribution is -0.128. The molecule has 30 heavy (non-hydrogen) atoms. The number of aryl methyl sites for hydroxylation is 2. The van der Waals surface area contributed by atoms with E-state index in [-0.39, 0.29) is 5.91 Å². The quantitative estimate of drug-likeness (QED) is 0.701. The van der Waals surface area contributed by atoms with Gasteiger partial charge in [-0.15, -0.1) is 0 Å². The summed E-state index contributed by atoms with van der Waals surface area (Å²) in [6.45, 7) is 4.82. The van der Waals surface area contributed by atoms with Gasteiger partial charge in [-0.2, -0.15) is 0 Å². The zero-order valence-electron chi connectivity index (χ0n) is 18.2. The second kappa shape index (κ2) is 10.0. The standard InChI is InChI=1S/C26H34N2O2/c1-2-25(30-24-15-12-21-8-4-5-9-22(21)18-24)26(29)27-19-20-10-13-23(14-11-20)28-16-6-3-7-17-28/h10-15,18,25H,2-9,16-17,19H2,1H3,(H,27,29)/t25-/m1/s1. The minimum Gasteiger partial charge on any atom is -0.481 e. The molecule has 1 saturated heterocycles. The summed E-state index contributed by atoms with van der Waals surface area (Å²) in [5.74, 6) is 0.763. The topological polar surface area (TPSA) is 41.6 Å². The van der Waals surface area contributed by atoms with Gasteiger partial charge in [0, 0.05) is 25.3 Å². The Kier molecular flexibility index (Phi) is 6.93. The van der Waals surface area contributed by atoms with Crippen molar-refractivity contribution in [3.05, 3.63) is 59.2 Å². The second-order valence-electron chi connectivity index (χ2n) is 8.58. The largest absolute Gasteiger partial charge is 0.481 e. The number of carbonyl (C=O) groups is 1. The first-order valence-corrected chi connectivity index (χ1v) is 11.6. The van der Waals surface area contributed by atoms with Crippen molar-refractivity contribution in [2.75, 3.05) is 18.0 Å². The molecule has 1 fully saturated rings. The Morgan fingerprint density at radius 1 is 0.967 bits per heavy atom. The molecule has 0 saturated carbocycles. The van der Waals surface area contributed by atoms with Gasteiger partial charge in [0.15, 0.2) is 6.10 Å². The third-order valence-electron chi connectivity index (χ3n) is 6.39. The van der Waals surface area contributed by atoms with E-state index in [1.165, 1.54) is 48.9 Å². The van der Waals surface area contributed by atoms with Crippen LogP contribution in [0, 0.1) is 0 Å². The van der Waals surface area contributed by atoms with Crippen LogP contribution in [-0.2, 0) is 24.2 Å². The van der Waals surface area contributed by atoms with Gasteiger partial charge < -0.3 is 15.0 Å². The molecule has 4 rings (SSSR count). The van der Waals surface area contributed by atoms with Crippen LogP contribution >= 0.6 is 0 Å². The highest BCUT2D eigenvalue weighted by molar-refractivity contribution is 5.81. The van der Waals surface area contributed by atoms with Gasteiger partial charge in [0.05, 0.1) is 0 Å². The average molecular weight is 407 g/mol. The molecule has 1 atom stereocenters. The molecule has 1 heterocycles. The van der Waals surface area contributed by atoms with Crippen LogP contribution in [0.25, 0.3) is 0 Å². The predicted octanol–water partition coefficient (Wildman–Crippen LogP) is 5.03. The number of fused-ring (bicyclic) bond motifs is 1. The van der Waals surface area contributed by atoms with Crippen molar-refractivity contribution in [1.82, 2.24) is 5.32 Å². The number of hydrogen-bond acceptors (Lipinski definition) is 3. The van der Waals surface area contributed by atoms with Crippen LogP contribution in [0.1, 0.15) is 62.1 Å². The normalized spacial score (nSPS) is 17.2. The maximum atomic E-state index is 12.7. The first-order chi connectivity index (χ1) is 14.7. The molecule has 1 N–H and O–H groups in total. The van der Waals surface area contributed by atoms with Gasteiger partial charge in [0.1, 0.15) is 5.75 Å². The first kappa shape index (κ1) is 20.8. The highest BCUT2D eigenvalue weighted by Gasteiger charge is 2.19. The van der Waals surface area contributed by atoms with Crippen LogP contribution < -0.4 is 15.0 Å². The number of anilines is 1. The van der Waals surface area contributed by atoms with Crippen LogP contribution in [0.4, 0.5) is 5.69 Å². The van der Waals surface area contributed by atoms with Gasteiger partial charge in [0.2, 0.25) is 0 Å². The monoisotopic (exact) mass is 406 g/mol. The summed E-state index contributed by atoms with van der Waals surface area (Å²) in [7, 11) is 0. The molecular weight excluding hydrogens is 372 g/mol. The minimum absolute atomic E-state index is 0.0460. The SMILES string of the molecule is CC[C@@H](Oc1ccc2c(c1)CCCC2)C(=O)NCc1ccc(N2CCCCC2)cc1. The van der Waals surface area contributed by atoms with Crippen molar-refractivity contribution in [1.29, 1.82) is 0 Å². The Morgan fingerprint density at radius 3 is 2.43 bits per heavy atom. The van der Waals surface area contributed by atoms with Crippen LogP contribution in [0.2, 0.25) is 0 Å². The average Bonchev–Trinajstić information content (AvgIpc) is 2.82. The smallest absolute Gasteiger partial charge is 0.261 e. The number of rotatable bonds is 7. The third-order valence-corrected chi connectivity index (χ3v) is 6.39. The molecule has 0 spiro atoms. The lowest BCUT2D eigenvalue weighted by atomic mass is 9.92. The molecule has 0 unspecified atom stereocenters. The molecule has 2 aromatic carbocycles. The summed E-state index contributed by atoms with van der Waals surface area (Å²) in [6, 6.07) is 14.9. The zero-order valence-corrected chi connectivity index (χ0v) is 18.2. The summed E-state index contributed by atoms with van der Waals surface area (Å²) in [6.07, 6.45) is 8.87. The molecule has 2 aliphatic rings. The molecule has 0 bridgehead atoms. The summed E-state index contributed by atoms with van der Waals surface area (Å²) in [5.41, 5.74) is 5.21. The summed E-state index contributed by atoms with van der Waals surface area (Å²) in [4.78, 5) is 15.2. The number of amides is 1. The fourth-order valence-corrected chi connectivity index (χ4v) is 4.55. The number of hydrogen-bond donors (Lipinski definition) is 1. The summed E-state index contributed by atoms with van der Waals surface area (Å²) < 4.78 is 6.06. The van der Waals surface area contributed by atoms with Gasteiger partial charge in [-0.05, 0) is 92.3 Å². The van der Waals surface area contributed by atoms with Crippen molar-refractivity contribution < 1.29 is 9.53 Å². The lowest BCUT2D eigenvalue weighted by Crippen LogP contribution is -2.37. The zero-order chi connectivity index (χ0) is 20.8. The number of ether oxygens (including phenoxy) is 1. The molecule has 1 aliphatic carbocycles. The van der Waals surface area contributed by atoms with Crippen molar-refractivity contribution in [2.24, 2.45) is 0 Å². The van der Waals surface area contributed by atoms with E-state index in [1.54, 1.807) is 0 Å². The van der Waals surface area contributed by atoms with Crippen molar-refractivity contribution >= 4 is 11.6 Å². The first-order valence-electron chi connectivity index (χ1n) is 11.6. The number of piperidine rings is 1. The van der Waals surface area contributed by atoms with E-state index in [2.05, 4.69) is 46.6 Å². The predicted molar refractivity (Wildman–Crippen MR) is 122 cm³/mol. The molecule has 0 radical (unpaired) electrons. The van der Waals surface area contributed by atoms with E-state index in [4.69, 9.17) is 4.74 Å². The van der Waals surface area contributed by atoms with Gasteiger partial charge >= 0.3 is 0 Å². The molecular formula is C26H34N2O2. The molecule has 4 heteroatoms. The van der Waals surface area contributed by atoms with E-state index in [0.29, 0.717) is 13.0 Å². The Hall–Kier alpha value is -2.49. The molecule has 1 aliphatic heterocycles. The molecule has 1 amide bonds. The van der Waals surface area contributed by atoms with E-state index in [1.807, 2.05) is 13.0 Å². The Bertz CT molecular complexity index is 841. The van der Waals surface area contributed by atoms with Crippen LogP contribution in [0.3, 0.4) is 0 Å². The van der Waals surface area contributed by atoms with Crippen LogP contribution in [0.15, 0.2) is 42.5 Å². The number of carbonyl (C=O) groups excluding carboxylic acids is 1. The maximum Gasteiger partial charge on any atom is 0.261 e. The maximum absolute atomic E-state index is 12.7. The minimum atomic E-state index is -0.459. The van der Waals surface area contributed by atoms with E-state index in [0.717, 1.165) is 37.2 Å². The van der Waals surface area contributed by atoms with Crippen molar-refractivity contribution in [2.45, 2.75) is 70.9 Å². The molecule has 4 nitrogen and oxygen atoms in total. The molecule has 160 valence electrons. The van der Waals surface area contributed by atoms with E-state index < -0.39 is 6.10 Å². The molecule has 2 aromatic rings. The Labute approximate surface area is 180 Å². The number of benzene rings is 2. The van der Waals surface area contributed by atoms with Gasteiger partial charge in [0.25, 0.3) is 5.91 Å². The van der Waals surface area contributed by atoms with Gasteiger partial charge in [-0.1, -0.05) is 25.1 Å². The third kappa shape index (κ3) is 5.16. The lowest BCUT2D eigenvalue weighted by Gasteiger charge is -2.28. The Balaban J connectivity index is 1.31. The number of nitrogens with one attached hydrogen (secondary N) is 1. The highest BCUT2D eigenvalue weighted by atomic mass is 16.5. The highest BCUT2D eigenvalue weighted by Crippen LogP contribution is 2.26. The van der Waals surface area contributed by atoms with E-state index in [9.17, 15) is 4.79 Å². The van der Waals surface area contributed by atoms with E-state index >= 15 is 0 Å². The second-order valence-corrected chi connectivity index (χ2v) is 8.58. The van der Waals surface area contributed by atoms with Gasteiger partial charge in [-0.3, -0.25) is 4.79 Å². The summed E-state index contributed by atoms with van der Waals surface area (Å²) in [5, 5.41) is 3.05. The van der Waals surface area contributed by atoms with Crippen molar-refractivity contribution in [3.8, 4) is 5.75 Å². The van der Waals surface area contributed by atoms with Crippen LogP contribution in [-0.4, -0.2) is 25.1 Å².